The fourth-order valence-electron chi connectivity index (χ4n) is 2.83. The Morgan fingerprint density at radius 2 is 1.87 bits per heavy atom. The van der Waals surface area contributed by atoms with Crippen LogP contribution in [0.5, 0.6) is 5.75 Å². The summed E-state index contributed by atoms with van der Waals surface area (Å²) in [6.45, 7) is 1.67. The van der Waals surface area contributed by atoms with Crippen molar-refractivity contribution in [3.63, 3.8) is 0 Å². The Bertz CT molecular complexity index is 1000. The van der Waals surface area contributed by atoms with Gasteiger partial charge in [0.1, 0.15) is 18.1 Å². The predicted molar refractivity (Wildman–Crippen MR) is 109 cm³/mol. The van der Waals surface area contributed by atoms with E-state index in [-0.39, 0.29) is 36.7 Å². The van der Waals surface area contributed by atoms with Crippen molar-refractivity contribution in [3.8, 4) is 5.75 Å². The van der Waals surface area contributed by atoms with Crippen LogP contribution in [-0.4, -0.2) is 73.6 Å². The molecule has 11 heteroatoms. The molecule has 0 aliphatic carbocycles. The number of benzene rings is 1. The lowest BCUT2D eigenvalue weighted by Gasteiger charge is -2.26. The zero-order valence-electron chi connectivity index (χ0n) is 16.4. The van der Waals surface area contributed by atoms with Crippen molar-refractivity contribution in [2.75, 3.05) is 45.2 Å². The number of carbonyl (C=O) groups is 1. The molecule has 0 saturated carbocycles. The lowest BCUT2D eigenvalue weighted by Crippen LogP contribution is -2.44. The van der Waals surface area contributed by atoms with Gasteiger partial charge in [0.15, 0.2) is 0 Å². The number of hydrogen-bond acceptors (Lipinski definition) is 7. The van der Waals surface area contributed by atoms with Crippen LogP contribution in [0.25, 0.3) is 0 Å². The Kier molecular flexibility index (Phi) is 7.55. The molecule has 1 N–H and O–H groups in total. The van der Waals surface area contributed by atoms with Gasteiger partial charge in [-0.05, 0) is 18.2 Å². The number of ether oxygens (including phenoxy) is 2. The van der Waals surface area contributed by atoms with Crippen LogP contribution in [0.3, 0.4) is 0 Å². The molecule has 2 aromatic rings. The molecule has 30 heavy (non-hydrogen) atoms. The summed E-state index contributed by atoms with van der Waals surface area (Å²) in [5.74, 6) is -0.102. The summed E-state index contributed by atoms with van der Waals surface area (Å²) in [4.78, 5) is 24.3. The van der Waals surface area contributed by atoms with Gasteiger partial charge in [0.2, 0.25) is 10.0 Å². The minimum absolute atomic E-state index is 0.0260. The number of nitrogens with one attached hydrogen (secondary N) is 1. The van der Waals surface area contributed by atoms with Crippen molar-refractivity contribution in [3.05, 3.63) is 58.5 Å². The number of rotatable bonds is 9. The van der Waals surface area contributed by atoms with E-state index >= 15 is 0 Å². The summed E-state index contributed by atoms with van der Waals surface area (Å²) in [6, 6.07) is 11.7. The Morgan fingerprint density at radius 3 is 2.60 bits per heavy atom. The standard InChI is InChI=1S/C19H24N4O6S/c24-18-7-6-17(21-23(18)11-14-29-16-4-2-1-3-5-16)19(25)20-8-15-30(26,27)22-9-12-28-13-10-22/h1-7H,8-15H2,(H,20,25). The average molecular weight is 436 g/mol. The molecule has 1 fully saturated rings. The van der Waals surface area contributed by atoms with E-state index in [1.54, 1.807) is 12.1 Å². The summed E-state index contributed by atoms with van der Waals surface area (Å²) in [6.07, 6.45) is 0. The number of para-hydroxylation sites is 1. The van der Waals surface area contributed by atoms with Gasteiger partial charge in [0.25, 0.3) is 11.5 Å². The van der Waals surface area contributed by atoms with Crippen LogP contribution in [-0.2, 0) is 21.3 Å². The van der Waals surface area contributed by atoms with E-state index in [2.05, 4.69) is 10.4 Å². The molecule has 3 rings (SSSR count). The van der Waals surface area contributed by atoms with Crippen LogP contribution >= 0.6 is 0 Å². The maximum Gasteiger partial charge on any atom is 0.271 e. The first-order valence-electron chi connectivity index (χ1n) is 9.55. The van der Waals surface area contributed by atoms with Gasteiger partial charge in [-0.1, -0.05) is 18.2 Å². The quantitative estimate of drug-likeness (QED) is 0.574. The van der Waals surface area contributed by atoms with Crippen LogP contribution in [0.1, 0.15) is 10.5 Å². The lowest BCUT2D eigenvalue weighted by atomic mass is 10.3. The largest absolute Gasteiger partial charge is 0.492 e. The fourth-order valence-corrected chi connectivity index (χ4v) is 4.16. The van der Waals surface area contributed by atoms with Crippen LogP contribution in [0.4, 0.5) is 0 Å². The van der Waals surface area contributed by atoms with E-state index in [1.165, 1.54) is 16.4 Å². The number of sulfonamides is 1. The first-order valence-corrected chi connectivity index (χ1v) is 11.2. The number of morpholine rings is 1. The second-order valence-corrected chi connectivity index (χ2v) is 8.61. The van der Waals surface area contributed by atoms with Gasteiger partial charge in [-0.2, -0.15) is 9.40 Å². The molecule has 1 saturated heterocycles. The number of amides is 1. The molecule has 1 aromatic heterocycles. The third-order valence-corrected chi connectivity index (χ3v) is 6.30. The number of hydrogen-bond donors (Lipinski definition) is 1. The SMILES string of the molecule is O=C(NCCS(=O)(=O)N1CCOCC1)c1ccc(=O)n(CCOc2ccccc2)n1. The van der Waals surface area contributed by atoms with Gasteiger partial charge in [0, 0.05) is 25.7 Å². The number of nitrogens with zero attached hydrogens (tertiary/aromatic N) is 3. The fraction of sp³-hybridized carbons (Fsp3) is 0.421. The highest BCUT2D eigenvalue weighted by atomic mass is 32.2. The highest BCUT2D eigenvalue weighted by Gasteiger charge is 2.24. The van der Waals surface area contributed by atoms with E-state index in [0.29, 0.717) is 32.1 Å². The van der Waals surface area contributed by atoms with E-state index in [0.717, 1.165) is 4.68 Å². The summed E-state index contributed by atoms with van der Waals surface area (Å²) in [7, 11) is -3.47. The second kappa shape index (κ2) is 10.3. The molecule has 1 aromatic carbocycles. The molecule has 0 atom stereocenters. The molecule has 162 valence electrons. The van der Waals surface area contributed by atoms with Gasteiger partial charge in [-0.3, -0.25) is 9.59 Å². The zero-order chi connectivity index (χ0) is 21.4. The van der Waals surface area contributed by atoms with Crippen molar-refractivity contribution in [2.24, 2.45) is 0 Å². The van der Waals surface area contributed by atoms with E-state index in [4.69, 9.17) is 9.47 Å². The molecular weight excluding hydrogens is 412 g/mol. The maximum atomic E-state index is 12.3. The highest BCUT2D eigenvalue weighted by molar-refractivity contribution is 7.89. The minimum Gasteiger partial charge on any atom is -0.492 e. The van der Waals surface area contributed by atoms with Crippen molar-refractivity contribution in [1.82, 2.24) is 19.4 Å². The smallest absolute Gasteiger partial charge is 0.271 e. The normalized spacial score (nSPS) is 14.9. The summed E-state index contributed by atoms with van der Waals surface area (Å²) < 4.78 is 37.8. The third-order valence-electron chi connectivity index (χ3n) is 4.42. The Morgan fingerprint density at radius 1 is 1.13 bits per heavy atom. The van der Waals surface area contributed by atoms with Crippen molar-refractivity contribution < 1.29 is 22.7 Å². The van der Waals surface area contributed by atoms with Gasteiger partial charge < -0.3 is 14.8 Å². The second-order valence-electron chi connectivity index (χ2n) is 6.52. The van der Waals surface area contributed by atoms with E-state index < -0.39 is 15.9 Å². The molecule has 0 spiro atoms. The number of aromatic nitrogens is 2. The maximum absolute atomic E-state index is 12.3. The molecule has 1 amide bonds. The topological polar surface area (TPSA) is 120 Å². The first kappa shape index (κ1) is 21.9. The van der Waals surface area contributed by atoms with E-state index in [1.807, 2.05) is 18.2 Å². The highest BCUT2D eigenvalue weighted by Crippen LogP contribution is 2.08. The first-order chi connectivity index (χ1) is 14.5. The molecule has 0 unspecified atom stereocenters. The molecule has 0 radical (unpaired) electrons. The van der Waals surface area contributed by atoms with Gasteiger partial charge in [0.05, 0.1) is 25.5 Å². The molecule has 2 heterocycles. The van der Waals surface area contributed by atoms with Crippen molar-refractivity contribution in [1.29, 1.82) is 0 Å². The van der Waals surface area contributed by atoms with Gasteiger partial charge in [-0.25, -0.2) is 13.1 Å². The summed E-state index contributed by atoms with van der Waals surface area (Å²) >= 11 is 0. The minimum atomic E-state index is -3.47. The monoisotopic (exact) mass is 436 g/mol. The van der Waals surface area contributed by atoms with Crippen LogP contribution in [0.15, 0.2) is 47.3 Å². The Hall–Kier alpha value is -2.76. The van der Waals surface area contributed by atoms with E-state index in [9.17, 15) is 18.0 Å². The van der Waals surface area contributed by atoms with Gasteiger partial charge >= 0.3 is 0 Å². The Balaban J connectivity index is 1.51. The molecule has 10 nitrogen and oxygen atoms in total. The Labute approximate surface area is 174 Å². The average Bonchev–Trinajstić information content (AvgIpc) is 2.76. The summed E-state index contributed by atoms with van der Waals surface area (Å²) in [5.41, 5.74) is -0.337. The molecule has 0 bridgehead atoms. The zero-order valence-corrected chi connectivity index (χ0v) is 17.2. The van der Waals surface area contributed by atoms with Crippen molar-refractivity contribution >= 4 is 15.9 Å². The molecular formula is C19H24N4O6S. The van der Waals surface area contributed by atoms with Crippen molar-refractivity contribution in [2.45, 2.75) is 6.54 Å². The van der Waals surface area contributed by atoms with Gasteiger partial charge in [-0.15, -0.1) is 0 Å². The predicted octanol–water partition coefficient (Wildman–Crippen LogP) is -0.286. The third kappa shape index (κ3) is 6.12. The van der Waals surface area contributed by atoms with Crippen LogP contribution in [0, 0.1) is 0 Å². The number of carbonyl (C=O) groups excluding carboxylic acids is 1. The molecule has 1 aliphatic heterocycles. The lowest BCUT2D eigenvalue weighted by molar-refractivity contribution is 0.0730. The van der Waals surface area contributed by atoms with Crippen LogP contribution < -0.4 is 15.6 Å². The summed E-state index contributed by atoms with van der Waals surface area (Å²) in [5, 5.41) is 6.58. The molecule has 1 aliphatic rings. The van der Waals surface area contributed by atoms with Crippen LogP contribution in [0.2, 0.25) is 0 Å².